The molecule has 2 aromatic rings. The van der Waals surface area contributed by atoms with E-state index in [1.165, 1.54) is 11.1 Å². The quantitative estimate of drug-likeness (QED) is 0.560. The summed E-state index contributed by atoms with van der Waals surface area (Å²) >= 11 is 0. The molecule has 0 saturated carbocycles. The maximum atomic E-state index is 4.03. The van der Waals surface area contributed by atoms with Crippen molar-refractivity contribution in [2.75, 3.05) is 0 Å². The highest BCUT2D eigenvalue weighted by Crippen LogP contribution is 1.98. The molecule has 0 atom stereocenters. The Labute approximate surface area is 108 Å². The summed E-state index contributed by atoms with van der Waals surface area (Å²) in [5.41, 5.74) is 2.50. The van der Waals surface area contributed by atoms with Crippen LogP contribution in [0.3, 0.4) is 0 Å². The smallest absolute Gasteiger partial charge is 0.0313 e. The summed E-state index contributed by atoms with van der Waals surface area (Å²) in [5.74, 6) is 0. The molecule has 0 radical (unpaired) electrons. The van der Waals surface area contributed by atoms with Crippen molar-refractivity contribution in [2.24, 2.45) is 10.2 Å². The normalized spacial score (nSPS) is 11.3. The van der Waals surface area contributed by atoms with E-state index in [1.54, 1.807) is 0 Å². The minimum absolute atomic E-state index is 0.823. The molecule has 0 spiro atoms. The van der Waals surface area contributed by atoms with Gasteiger partial charge >= 0.3 is 0 Å². The first kappa shape index (κ1) is 12.2. The van der Waals surface area contributed by atoms with Gasteiger partial charge in [0.2, 0.25) is 0 Å². The van der Waals surface area contributed by atoms with E-state index >= 15 is 0 Å². The lowest BCUT2D eigenvalue weighted by molar-refractivity contribution is 1.20. The zero-order valence-corrected chi connectivity index (χ0v) is 10.2. The number of rotatable bonds is 5. The van der Waals surface area contributed by atoms with Crippen molar-refractivity contribution < 1.29 is 0 Å². The van der Waals surface area contributed by atoms with E-state index < -0.39 is 0 Å². The number of hydrogen-bond acceptors (Lipinski definition) is 2. The maximum absolute atomic E-state index is 4.03. The second kappa shape index (κ2) is 7.17. The van der Waals surface area contributed by atoms with Crippen molar-refractivity contribution in [3.63, 3.8) is 0 Å². The lowest BCUT2D eigenvalue weighted by Gasteiger charge is -1.93. The minimum atomic E-state index is 0.823. The third-order valence-corrected chi connectivity index (χ3v) is 2.57. The topological polar surface area (TPSA) is 24.7 Å². The Bertz CT molecular complexity index is 452. The van der Waals surface area contributed by atoms with Crippen molar-refractivity contribution in [1.82, 2.24) is 0 Å². The molecule has 0 unspecified atom stereocenters. The molecule has 0 aliphatic heterocycles. The van der Waals surface area contributed by atoms with E-state index in [1.807, 2.05) is 48.8 Å². The van der Waals surface area contributed by atoms with E-state index in [9.17, 15) is 0 Å². The van der Waals surface area contributed by atoms with Gasteiger partial charge in [0.05, 0.1) is 0 Å². The first-order chi connectivity index (χ1) is 8.95. The molecule has 2 nitrogen and oxygen atoms in total. The third-order valence-electron chi connectivity index (χ3n) is 2.57. The highest BCUT2D eigenvalue weighted by Gasteiger charge is 1.87. The average molecular weight is 236 g/mol. The molecule has 0 saturated heterocycles. The Morgan fingerprint density at radius 2 is 1.00 bits per heavy atom. The fourth-order valence-electron chi connectivity index (χ4n) is 1.61. The van der Waals surface area contributed by atoms with Gasteiger partial charge in [-0.1, -0.05) is 60.7 Å². The van der Waals surface area contributed by atoms with Crippen molar-refractivity contribution in [3.05, 3.63) is 71.8 Å². The van der Waals surface area contributed by atoms with Crippen LogP contribution >= 0.6 is 0 Å². The minimum Gasteiger partial charge on any atom is -0.164 e. The fraction of sp³-hybridized carbons (Fsp3) is 0.125. The first-order valence-corrected chi connectivity index (χ1v) is 6.06. The zero-order valence-electron chi connectivity index (χ0n) is 10.2. The summed E-state index contributed by atoms with van der Waals surface area (Å²) in [6.07, 6.45) is 5.31. The molecule has 0 heterocycles. The van der Waals surface area contributed by atoms with Crippen LogP contribution in [0.4, 0.5) is 0 Å². The average Bonchev–Trinajstić information content (AvgIpc) is 2.45. The van der Waals surface area contributed by atoms with Crippen LogP contribution in [0.15, 0.2) is 70.9 Å². The first-order valence-electron chi connectivity index (χ1n) is 6.06. The Kier molecular flexibility index (Phi) is 4.88. The fourth-order valence-corrected chi connectivity index (χ4v) is 1.61. The molecule has 90 valence electrons. The molecule has 0 fully saturated rings. The molecule has 0 amide bonds. The number of nitrogens with zero attached hydrogens (tertiary/aromatic N) is 2. The highest BCUT2D eigenvalue weighted by molar-refractivity contribution is 5.65. The summed E-state index contributed by atoms with van der Waals surface area (Å²) in [7, 11) is 0. The summed E-state index contributed by atoms with van der Waals surface area (Å²) in [4.78, 5) is 0. The summed E-state index contributed by atoms with van der Waals surface area (Å²) < 4.78 is 0. The molecular formula is C16H16N2. The molecular weight excluding hydrogens is 220 g/mol. The molecule has 2 aromatic carbocycles. The standard InChI is InChI=1S/C16H16N2/c1-3-7-15(8-4-1)11-13-17-18-14-12-16-9-5-2-6-10-16/h1-10,13-14H,11-12H2. The van der Waals surface area contributed by atoms with Crippen LogP contribution in [0, 0.1) is 0 Å². The highest BCUT2D eigenvalue weighted by atomic mass is 15.2. The Hall–Kier alpha value is -2.22. The Morgan fingerprint density at radius 3 is 1.39 bits per heavy atom. The predicted octanol–water partition coefficient (Wildman–Crippen LogP) is 3.53. The van der Waals surface area contributed by atoms with Crippen LogP contribution in [0.2, 0.25) is 0 Å². The second-order valence-electron chi connectivity index (χ2n) is 3.98. The lowest BCUT2D eigenvalue weighted by Crippen LogP contribution is -1.86. The van der Waals surface area contributed by atoms with Crippen LogP contribution in [-0.4, -0.2) is 12.4 Å². The van der Waals surface area contributed by atoms with Gasteiger partial charge in [-0.15, -0.1) is 0 Å². The van der Waals surface area contributed by atoms with Crippen LogP contribution in [-0.2, 0) is 12.8 Å². The van der Waals surface area contributed by atoms with Gasteiger partial charge in [0, 0.05) is 25.3 Å². The summed E-state index contributed by atoms with van der Waals surface area (Å²) in [6.45, 7) is 0. The molecule has 18 heavy (non-hydrogen) atoms. The van der Waals surface area contributed by atoms with Crippen molar-refractivity contribution in [3.8, 4) is 0 Å². The van der Waals surface area contributed by atoms with E-state index in [4.69, 9.17) is 0 Å². The zero-order chi connectivity index (χ0) is 12.5. The molecule has 2 rings (SSSR count). The van der Waals surface area contributed by atoms with Crippen LogP contribution in [0.1, 0.15) is 11.1 Å². The molecule has 0 aliphatic carbocycles. The predicted molar refractivity (Wildman–Crippen MR) is 77.3 cm³/mol. The number of benzene rings is 2. The second-order valence-corrected chi connectivity index (χ2v) is 3.98. The monoisotopic (exact) mass is 236 g/mol. The van der Waals surface area contributed by atoms with Crippen molar-refractivity contribution in [2.45, 2.75) is 12.8 Å². The van der Waals surface area contributed by atoms with Gasteiger partial charge < -0.3 is 0 Å². The molecule has 0 aromatic heterocycles. The molecule has 0 bridgehead atoms. The van der Waals surface area contributed by atoms with Crippen LogP contribution < -0.4 is 0 Å². The van der Waals surface area contributed by atoms with Gasteiger partial charge in [-0.2, -0.15) is 10.2 Å². The molecule has 0 N–H and O–H groups in total. The molecule has 0 aliphatic rings. The van der Waals surface area contributed by atoms with Gasteiger partial charge in [-0.25, -0.2) is 0 Å². The summed E-state index contributed by atoms with van der Waals surface area (Å²) in [6, 6.07) is 20.5. The van der Waals surface area contributed by atoms with E-state index in [2.05, 4.69) is 34.5 Å². The van der Waals surface area contributed by atoms with E-state index in [-0.39, 0.29) is 0 Å². The van der Waals surface area contributed by atoms with Gasteiger partial charge in [0.25, 0.3) is 0 Å². The van der Waals surface area contributed by atoms with Crippen molar-refractivity contribution in [1.29, 1.82) is 0 Å². The summed E-state index contributed by atoms with van der Waals surface area (Å²) in [5, 5.41) is 8.05. The van der Waals surface area contributed by atoms with Gasteiger partial charge in [0.1, 0.15) is 0 Å². The Morgan fingerprint density at radius 1 is 0.611 bits per heavy atom. The largest absolute Gasteiger partial charge is 0.164 e. The van der Waals surface area contributed by atoms with E-state index in [0.29, 0.717) is 0 Å². The SMILES string of the molecule is C(Cc1ccccc1)=NN=CCc1ccccc1. The maximum Gasteiger partial charge on any atom is 0.0313 e. The van der Waals surface area contributed by atoms with Gasteiger partial charge in [-0.05, 0) is 11.1 Å². The molecule has 2 heteroatoms. The van der Waals surface area contributed by atoms with E-state index in [0.717, 1.165) is 12.8 Å². The van der Waals surface area contributed by atoms with Gasteiger partial charge in [-0.3, -0.25) is 0 Å². The number of hydrogen-bond donors (Lipinski definition) is 0. The Balaban J connectivity index is 1.75. The lowest BCUT2D eigenvalue weighted by atomic mass is 10.2. The van der Waals surface area contributed by atoms with Crippen molar-refractivity contribution >= 4 is 12.4 Å². The van der Waals surface area contributed by atoms with Gasteiger partial charge in [0.15, 0.2) is 0 Å². The van der Waals surface area contributed by atoms with Crippen LogP contribution in [0.5, 0.6) is 0 Å². The third kappa shape index (κ3) is 4.34. The van der Waals surface area contributed by atoms with Crippen LogP contribution in [0.25, 0.3) is 0 Å².